The zero-order chi connectivity index (χ0) is 13.6. The van der Waals surface area contributed by atoms with Crippen molar-refractivity contribution in [2.75, 3.05) is 0 Å². The van der Waals surface area contributed by atoms with Gasteiger partial charge in [-0.25, -0.2) is 0 Å². The zero-order valence-electron chi connectivity index (χ0n) is 11.6. The molecule has 0 spiro atoms. The van der Waals surface area contributed by atoms with Gasteiger partial charge in [-0.2, -0.15) is 0 Å². The molecular weight excluding hydrogens is 236 g/mol. The van der Waals surface area contributed by atoms with Crippen LogP contribution < -0.4 is 0 Å². The Morgan fingerprint density at radius 3 is 2.95 bits per heavy atom. The fourth-order valence-corrected chi connectivity index (χ4v) is 4.00. The van der Waals surface area contributed by atoms with E-state index in [9.17, 15) is 9.90 Å². The van der Waals surface area contributed by atoms with Crippen LogP contribution in [0.1, 0.15) is 44.2 Å². The first-order valence-corrected chi connectivity index (χ1v) is 7.14. The number of rotatable bonds is 2. The van der Waals surface area contributed by atoms with Crippen LogP contribution in [-0.4, -0.2) is 10.9 Å². The predicted octanol–water partition coefficient (Wildman–Crippen LogP) is 3.73. The summed E-state index contributed by atoms with van der Waals surface area (Å²) in [5.74, 6) is 1.04. The van der Waals surface area contributed by atoms with Crippen molar-refractivity contribution in [1.29, 1.82) is 0 Å². The Morgan fingerprint density at radius 2 is 2.21 bits per heavy atom. The first kappa shape index (κ1) is 12.5. The molecule has 100 valence electrons. The second kappa shape index (κ2) is 4.22. The van der Waals surface area contributed by atoms with E-state index in [-0.39, 0.29) is 11.2 Å². The van der Waals surface area contributed by atoms with Gasteiger partial charge in [0.25, 0.3) is 0 Å². The van der Waals surface area contributed by atoms with Gasteiger partial charge in [0.1, 0.15) is 5.75 Å². The summed E-state index contributed by atoms with van der Waals surface area (Å²) in [6.07, 6.45) is 5.64. The highest BCUT2D eigenvalue weighted by molar-refractivity contribution is 6.05. The lowest BCUT2D eigenvalue weighted by Crippen LogP contribution is -2.34. The third-order valence-electron chi connectivity index (χ3n) is 4.88. The Labute approximate surface area is 114 Å². The first-order chi connectivity index (χ1) is 9.06. The summed E-state index contributed by atoms with van der Waals surface area (Å²) in [7, 11) is 0. The Balaban J connectivity index is 2.17. The second-order valence-electron chi connectivity index (χ2n) is 6.05. The molecule has 0 heterocycles. The minimum Gasteiger partial charge on any atom is -0.508 e. The number of phenolic OH excluding ortho intramolecular Hbond substituents is 1. The molecule has 0 saturated carbocycles. The number of carbonyl (C=O) groups excluding carboxylic acids is 1. The van der Waals surface area contributed by atoms with Gasteiger partial charge < -0.3 is 5.11 Å². The molecule has 3 rings (SSSR count). The molecule has 0 radical (unpaired) electrons. The van der Waals surface area contributed by atoms with E-state index in [2.05, 4.69) is 13.8 Å². The number of hydrogen-bond acceptors (Lipinski definition) is 2. The van der Waals surface area contributed by atoms with E-state index in [1.54, 1.807) is 6.07 Å². The number of allylic oxidation sites excluding steroid dienone is 2. The molecule has 2 unspecified atom stereocenters. The smallest absolute Gasteiger partial charge is 0.156 e. The SMILES string of the molecule is CCCC12CC(=O)C=C1c1ccc(O)cc1CC2C. The van der Waals surface area contributed by atoms with Crippen LogP contribution in [0.2, 0.25) is 0 Å². The molecule has 0 saturated heterocycles. The monoisotopic (exact) mass is 256 g/mol. The van der Waals surface area contributed by atoms with Crippen molar-refractivity contribution < 1.29 is 9.90 Å². The highest BCUT2D eigenvalue weighted by Crippen LogP contribution is 2.56. The van der Waals surface area contributed by atoms with E-state index in [4.69, 9.17) is 0 Å². The Hall–Kier alpha value is -1.57. The molecule has 0 aliphatic heterocycles. The van der Waals surface area contributed by atoms with Crippen molar-refractivity contribution in [3.63, 3.8) is 0 Å². The van der Waals surface area contributed by atoms with E-state index in [1.807, 2.05) is 18.2 Å². The first-order valence-electron chi connectivity index (χ1n) is 7.14. The van der Waals surface area contributed by atoms with E-state index in [1.165, 1.54) is 16.7 Å². The molecule has 2 heteroatoms. The minimum absolute atomic E-state index is 0.0375. The highest BCUT2D eigenvalue weighted by atomic mass is 16.3. The molecule has 1 aromatic carbocycles. The van der Waals surface area contributed by atoms with Crippen LogP contribution in [0.15, 0.2) is 24.3 Å². The van der Waals surface area contributed by atoms with Crippen molar-refractivity contribution >= 4 is 11.4 Å². The van der Waals surface area contributed by atoms with Crippen LogP contribution in [-0.2, 0) is 11.2 Å². The van der Waals surface area contributed by atoms with Crippen LogP contribution >= 0.6 is 0 Å². The number of benzene rings is 1. The molecule has 2 aliphatic carbocycles. The lowest BCUT2D eigenvalue weighted by Gasteiger charge is -2.42. The van der Waals surface area contributed by atoms with Gasteiger partial charge in [0.2, 0.25) is 0 Å². The van der Waals surface area contributed by atoms with Crippen molar-refractivity contribution in [2.24, 2.45) is 11.3 Å². The summed E-state index contributed by atoms with van der Waals surface area (Å²) in [5, 5.41) is 9.65. The van der Waals surface area contributed by atoms with Gasteiger partial charge in [-0.15, -0.1) is 0 Å². The topological polar surface area (TPSA) is 37.3 Å². The fourth-order valence-electron chi connectivity index (χ4n) is 4.00. The van der Waals surface area contributed by atoms with E-state index >= 15 is 0 Å². The number of hydrogen-bond donors (Lipinski definition) is 1. The van der Waals surface area contributed by atoms with Crippen molar-refractivity contribution in [1.82, 2.24) is 0 Å². The average Bonchev–Trinajstić information content (AvgIpc) is 2.68. The van der Waals surface area contributed by atoms with Gasteiger partial charge in [-0.3, -0.25) is 4.79 Å². The predicted molar refractivity (Wildman–Crippen MR) is 75.9 cm³/mol. The van der Waals surface area contributed by atoms with Gasteiger partial charge in [-0.1, -0.05) is 26.3 Å². The average molecular weight is 256 g/mol. The van der Waals surface area contributed by atoms with Crippen LogP contribution in [0.3, 0.4) is 0 Å². The number of fused-ring (bicyclic) bond motifs is 3. The van der Waals surface area contributed by atoms with Gasteiger partial charge >= 0.3 is 0 Å². The Bertz CT molecular complexity index is 571. The molecule has 2 nitrogen and oxygen atoms in total. The number of carbonyl (C=O) groups is 1. The maximum absolute atomic E-state index is 12.0. The maximum Gasteiger partial charge on any atom is 0.156 e. The lowest BCUT2D eigenvalue weighted by atomic mass is 9.61. The number of phenols is 1. The zero-order valence-corrected chi connectivity index (χ0v) is 11.6. The van der Waals surface area contributed by atoms with Gasteiger partial charge in [-0.05, 0) is 53.7 Å². The quantitative estimate of drug-likeness (QED) is 0.875. The molecule has 2 aliphatic rings. The summed E-state index contributed by atoms with van der Waals surface area (Å²) in [6.45, 7) is 4.43. The van der Waals surface area contributed by atoms with Crippen LogP contribution in [0.5, 0.6) is 5.75 Å². The number of aromatic hydroxyl groups is 1. The third-order valence-corrected chi connectivity index (χ3v) is 4.88. The molecule has 0 aromatic heterocycles. The van der Waals surface area contributed by atoms with Crippen molar-refractivity contribution in [2.45, 2.75) is 39.5 Å². The standard InChI is InChI=1S/C17H20O2/c1-3-6-17-10-14(19)9-16(17)15-5-4-13(18)8-12(15)7-11(17)2/h4-5,8-9,11,18H,3,6-7,10H2,1-2H3. The molecule has 19 heavy (non-hydrogen) atoms. The minimum atomic E-state index is 0.0375. The third kappa shape index (κ3) is 1.73. The van der Waals surface area contributed by atoms with Crippen LogP contribution in [0.25, 0.3) is 5.57 Å². The molecule has 0 fully saturated rings. The van der Waals surface area contributed by atoms with Crippen LogP contribution in [0, 0.1) is 11.3 Å². The fraction of sp³-hybridized carbons (Fsp3) is 0.471. The largest absolute Gasteiger partial charge is 0.508 e. The number of ketones is 1. The van der Waals surface area contributed by atoms with Crippen molar-refractivity contribution in [3.05, 3.63) is 35.4 Å². The highest BCUT2D eigenvalue weighted by Gasteiger charge is 2.47. The second-order valence-corrected chi connectivity index (χ2v) is 6.05. The van der Waals surface area contributed by atoms with E-state index in [0.717, 1.165) is 19.3 Å². The molecule has 0 bridgehead atoms. The Kier molecular flexibility index (Phi) is 2.77. The van der Waals surface area contributed by atoms with Gasteiger partial charge in [0.05, 0.1) is 0 Å². The van der Waals surface area contributed by atoms with Crippen molar-refractivity contribution in [3.8, 4) is 5.75 Å². The molecule has 1 aromatic rings. The van der Waals surface area contributed by atoms with Gasteiger partial charge in [0.15, 0.2) is 5.78 Å². The molecular formula is C17H20O2. The van der Waals surface area contributed by atoms with E-state index < -0.39 is 0 Å². The maximum atomic E-state index is 12.0. The van der Waals surface area contributed by atoms with Crippen LogP contribution in [0.4, 0.5) is 0 Å². The summed E-state index contributed by atoms with van der Waals surface area (Å²) < 4.78 is 0. The molecule has 0 amide bonds. The molecule has 2 atom stereocenters. The van der Waals surface area contributed by atoms with Gasteiger partial charge in [0, 0.05) is 11.8 Å². The van der Waals surface area contributed by atoms with E-state index in [0.29, 0.717) is 18.1 Å². The summed E-state index contributed by atoms with van der Waals surface area (Å²) in [6, 6.07) is 5.56. The Morgan fingerprint density at radius 1 is 1.42 bits per heavy atom. The lowest BCUT2D eigenvalue weighted by molar-refractivity contribution is -0.115. The summed E-state index contributed by atoms with van der Waals surface area (Å²) >= 11 is 0. The molecule has 1 N–H and O–H groups in total. The normalized spacial score (nSPS) is 28.8. The summed E-state index contributed by atoms with van der Waals surface area (Å²) in [5.41, 5.74) is 3.61. The summed E-state index contributed by atoms with van der Waals surface area (Å²) in [4.78, 5) is 12.0.